The number of nitrogens with zero attached hydrogens (tertiary/aromatic N) is 2. The van der Waals surface area contributed by atoms with Crippen molar-refractivity contribution in [3.05, 3.63) is 28.9 Å². The molecule has 3 aromatic rings. The van der Waals surface area contributed by atoms with Crippen molar-refractivity contribution in [3.8, 4) is 26.8 Å². The number of halogens is 2. The molecule has 122 valence electrons. The van der Waals surface area contributed by atoms with Crippen LogP contribution in [0.5, 0.6) is 5.75 Å². The minimum absolute atomic E-state index is 0. The van der Waals surface area contributed by atoms with Gasteiger partial charge in [-0.3, -0.25) is 0 Å². The average molecular weight is 434 g/mol. The van der Waals surface area contributed by atoms with Crippen LogP contribution in [0, 0.1) is 6.92 Å². The van der Waals surface area contributed by atoms with Crippen LogP contribution in [0.2, 0.25) is 5.02 Å². The van der Waals surface area contributed by atoms with Gasteiger partial charge in [0.2, 0.25) is 0 Å². The number of benzene rings is 1. The van der Waals surface area contributed by atoms with Crippen molar-refractivity contribution < 1.29 is 4.74 Å². The number of hydrogen-bond donors (Lipinski definition) is 2. The van der Waals surface area contributed by atoms with E-state index >= 15 is 0 Å². The third-order valence-corrected chi connectivity index (χ3v) is 5.30. The molecule has 0 radical (unpaired) electrons. The lowest BCUT2D eigenvalue weighted by Gasteiger charge is -2.09. The zero-order valence-corrected chi connectivity index (χ0v) is 16.4. The summed E-state index contributed by atoms with van der Waals surface area (Å²) in [7, 11) is 1.59. The Labute approximate surface area is 157 Å². The van der Waals surface area contributed by atoms with Gasteiger partial charge in [0.1, 0.15) is 11.4 Å². The van der Waals surface area contributed by atoms with E-state index in [-0.39, 0.29) is 17.0 Å². The Hall–Kier alpha value is -1.35. The number of methoxy groups -OCH3 is 1. The van der Waals surface area contributed by atoms with Gasteiger partial charge in [-0.25, -0.2) is 9.97 Å². The van der Waals surface area contributed by atoms with Crippen LogP contribution in [0.4, 0.5) is 10.3 Å². The Morgan fingerprint density at radius 1 is 1.09 bits per heavy atom. The molecule has 0 saturated carbocycles. The van der Waals surface area contributed by atoms with Gasteiger partial charge in [0, 0.05) is 5.56 Å². The van der Waals surface area contributed by atoms with Gasteiger partial charge in [-0.05, 0) is 19.1 Å². The van der Waals surface area contributed by atoms with Crippen LogP contribution in [0.25, 0.3) is 21.0 Å². The summed E-state index contributed by atoms with van der Waals surface area (Å²) >= 11 is 8.99. The number of nitrogens with two attached hydrogens (primary N) is 2. The number of hydrogen-bond acceptors (Lipinski definition) is 7. The zero-order valence-electron chi connectivity index (χ0n) is 12.3. The van der Waals surface area contributed by atoms with Gasteiger partial charge in [-0.15, -0.1) is 17.0 Å². The molecule has 1 aromatic carbocycles. The van der Waals surface area contributed by atoms with Crippen LogP contribution in [0.15, 0.2) is 18.2 Å². The Morgan fingerprint density at radius 3 is 2.35 bits per heavy atom. The molecule has 0 aliphatic heterocycles. The van der Waals surface area contributed by atoms with Crippen molar-refractivity contribution >= 4 is 61.5 Å². The lowest BCUT2D eigenvalue weighted by molar-refractivity contribution is 0.417. The molecule has 3 rings (SSSR count). The highest BCUT2D eigenvalue weighted by Gasteiger charge is 2.21. The maximum atomic E-state index is 6.22. The number of nitrogen functional groups attached to an aromatic ring is 2. The first-order valence-electron chi connectivity index (χ1n) is 6.33. The van der Waals surface area contributed by atoms with E-state index < -0.39 is 0 Å². The highest BCUT2D eigenvalue weighted by atomic mass is 79.9. The molecule has 2 aromatic heterocycles. The van der Waals surface area contributed by atoms with Crippen molar-refractivity contribution in [3.63, 3.8) is 0 Å². The number of thiazole rings is 2. The fourth-order valence-corrected chi connectivity index (χ4v) is 4.21. The number of rotatable bonds is 3. The fourth-order valence-electron chi connectivity index (χ4n) is 2.21. The van der Waals surface area contributed by atoms with Gasteiger partial charge < -0.3 is 16.2 Å². The predicted molar refractivity (Wildman–Crippen MR) is 104 cm³/mol. The van der Waals surface area contributed by atoms with E-state index in [1.165, 1.54) is 22.7 Å². The van der Waals surface area contributed by atoms with Gasteiger partial charge in [0.15, 0.2) is 10.3 Å². The first kappa shape index (κ1) is 18.0. The van der Waals surface area contributed by atoms with Gasteiger partial charge in [-0.1, -0.05) is 40.3 Å². The summed E-state index contributed by atoms with van der Waals surface area (Å²) in [6.07, 6.45) is 0. The minimum atomic E-state index is 0. The van der Waals surface area contributed by atoms with Crippen molar-refractivity contribution in [2.75, 3.05) is 18.6 Å². The van der Waals surface area contributed by atoms with Crippen LogP contribution in [0.3, 0.4) is 0 Å². The molecule has 2 heterocycles. The third-order valence-electron chi connectivity index (χ3n) is 3.09. The number of anilines is 2. The monoisotopic (exact) mass is 432 g/mol. The second-order valence-corrected chi connectivity index (χ2v) is 6.99. The predicted octanol–water partition coefficient (Wildman–Crippen LogP) is 4.65. The molecular weight excluding hydrogens is 420 g/mol. The largest absolute Gasteiger partial charge is 0.495 e. The molecule has 0 amide bonds. The van der Waals surface area contributed by atoms with E-state index in [9.17, 15) is 0 Å². The van der Waals surface area contributed by atoms with E-state index in [1.54, 1.807) is 13.2 Å². The number of ether oxygens (including phenoxy) is 1. The molecular formula is C14H14BrClN4OS2. The van der Waals surface area contributed by atoms with Gasteiger partial charge in [-0.2, -0.15) is 0 Å². The van der Waals surface area contributed by atoms with E-state index in [1.807, 2.05) is 19.1 Å². The Morgan fingerprint density at radius 2 is 1.74 bits per heavy atom. The second-order valence-electron chi connectivity index (χ2n) is 4.52. The summed E-state index contributed by atoms with van der Waals surface area (Å²) in [6, 6.07) is 5.58. The highest BCUT2D eigenvalue weighted by Crippen LogP contribution is 2.46. The van der Waals surface area contributed by atoms with Crippen molar-refractivity contribution in [2.45, 2.75) is 6.92 Å². The number of para-hydroxylation sites is 1. The van der Waals surface area contributed by atoms with Crippen molar-refractivity contribution in [2.24, 2.45) is 0 Å². The van der Waals surface area contributed by atoms with E-state index in [4.69, 9.17) is 27.8 Å². The highest BCUT2D eigenvalue weighted by molar-refractivity contribution is 8.93. The average Bonchev–Trinajstić information content (AvgIpc) is 3.00. The number of aromatic nitrogens is 2. The van der Waals surface area contributed by atoms with Gasteiger partial charge in [0.05, 0.1) is 27.6 Å². The second kappa shape index (κ2) is 7.04. The van der Waals surface area contributed by atoms with Crippen LogP contribution in [-0.2, 0) is 0 Å². The van der Waals surface area contributed by atoms with Crippen molar-refractivity contribution in [1.29, 1.82) is 0 Å². The summed E-state index contributed by atoms with van der Waals surface area (Å²) in [4.78, 5) is 10.5. The normalized spacial score (nSPS) is 10.4. The SMILES string of the molecule is Br.COc1c(Cl)cccc1-c1sc(N)nc1-c1sc(N)nc1C. The summed E-state index contributed by atoms with van der Waals surface area (Å²) in [5.41, 5.74) is 14.2. The Kier molecular flexibility index (Phi) is 5.51. The van der Waals surface area contributed by atoms with Gasteiger partial charge >= 0.3 is 0 Å². The molecule has 0 aliphatic carbocycles. The summed E-state index contributed by atoms with van der Waals surface area (Å²) in [5.74, 6) is 0.601. The minimum Gasteiger partial charge on any atom is -0.495 e. The summed E-state index contributed by atoms with van der Waals surface area (Å²) < 4.78 is 5.44. The standard InChI is InChI=1S/C14H13ClN4OS2.BrH/c1-6-11(21-13(16)18-6)9-12(22-14(17)19-9)7-4-3-5-8(15)10(7)20-2;/h3-5H,1-2H3,(H2,16,18)(H2,17,19);1H. The van der Waals surface area contributed by atoms with Gasteiger partial charge in [0.25, 0.3) is 0 Å². The Bertz CT molecular complexity index is 849. The summed E-state index contributed by atoms with van der Waals surface area (Å²) in [6.45, 7) is 1.90. The molecule has 0 saturated heterocycles. The molecule has 23 heavy (non-hydrogen) atoms. The van der Waals surface area contributed by atoms with Crippen LogP contribution < -0.4 is 16.2 Å². The first-order valence-corrected chi connectivity index (χ1v) is 8.34. The molecule has 5 nitrogen and oxygen atoms in total. The molecule has 4 N–H and O–H groups in total. The maximum absolute atomic E-state index is 6.22. The molecule has 0 fully saturated rings. The summed E-state index contributed by atoms with van der Waals surface area (Å²) in [5, 5.41) is 1.51. The lowest BCUT2D eigenvalue weighted by Crippen LogP contribution is -1.89. The molecule has 9 heteroatoms. The maximum Gasteiger partial charge on any atom is 0.181 e. The van der Waals surface area contributed by atoms with E-state index in [2.05, 4.69) is 9.97 Å². The molecule has 0 atom stereocenters. The first-order chi connectivity index (χ1) is 10.5. The zero-order chi connectivity index (χ0) is 15.9. The Balaban J connectivity index is 0.00000192. The van der Waals surface area contributed by atoms with Crippen LogP contribution in [-0.4, -0.2) is 17.1 Å². The quantitative estimate of drug-likeness (QED) is 0.628. The molecule has 0 bridgehead atoms. The third kappa shape index (κ3) is 3.30. The van der Waals surface area contributed by atoms with Crippen LogP contribution >= 0.6 is 51.3 Å². The van der Waals surface area contributed by atoms with E-state index in [0.29, 0.717) is 21.0 Å². The molecule has 0 aliphatic rings. The van der Waals surface area contributed by atoms with E-state index in [0.717, 1.165) is 26.7 Å². The van der Waals surface area contributed by atoms with Crippen molar-refractivity contribution in [1.82, 2.24) is 9.97 Å². The molecule has 0 unspecified atom stereocenters. The van der Waals surface area contributed by atoms with Crippen LogP contribution in [0.1, 0.15) is 5.69 Å². The lowest BCUT2D eigenvalue weighted by atomic mass is 10.1. The topological polar surface area (TPSA) is 87.0 Å². The smallest absolute Gasteiger partial charge is 0.181 e. The fraction of sp³-hybridized carbons (Fsp3) is 0.143. The number of aryl methyl sites for hydroxylation is 1. The molecule has 0 spiro atoms.